The van der Waals surface area contributed by atoms with Gasteiger partial charge < -0.3 is 9.94 Å². The summed E-state index contributed by atoms with van der Waals surface area (Å²) in [5.41, 5.74) is 0.943. The van der Waals surface area contributed by atoms with E-state index in [9.17, 15) is 0 Å². The van der Waals surface area contributed by atoms with Crippen molar-refractivity contribution >= 4 is 32.7 Å². The van der Waals surface area contributed by atoms with E-state index in [0.29, 0.717) is 5.04 Å². The van der Waals surface area contributed by atoms with Crippen LogP contribution in [0.5, 0.6) is 0 Å². The highest BCUT2D eigenvalue weighted by Gasteiger charge is 2.10. The largest absolute Gasteiger partial charge is 0.410 e. The molecule has 0 spiro atoms. The van der Waals surface area contributed by atoms with Crippen molar-refractivity contribution in [3.8, 4) is 0 Å². The average Bonchev–Trinajstić information content (AvgIpc) is 2.48. The van der Waals surface area contributed by atoms with Crippen molar-refractivity contribution in [2.24, 2.45) is 5.16 Å². The summed E-state index contributed by atoms with van der Waals surface area (Å²) in [7, 11) is 0. The molecule has 1 aliphatic rings. The van der Waals surface area contributed by atoms with Gasteiger partial charge in [0.05, 0.1) is 13.2 Å². The van der Waals surface area contributed by atoms with Crippen LogP contribution >= 0.6 is 27.7 Å². The Kier molecular flexibility index (Phi) is 6.86. The molecule has 0 bridgehead atoms. The fourth-order valence-electron chi connectivity index (χ4n) is 2.07. The first-order chi connectivity index (χ1) is 9.79. The van der Waals surface area contributed by atoms with Crippen molar-refractivity contribution < 1.29 is 9.94 Å². The Balaban J connectivity index is 1.74. The van der Waals surface area contributed by atoms with Gasteiger partial charge >= 0.3 is 0 Å². The van der Waals surface area contributed by atoms with E-state index in [0.717, 1.165) is 55.1 Å². The van der Waals surface area contributed by atoms with Crippen molar-refractivity contribution in [1.82, 2.24) is 4.90 Å². The third kappa shape index (κ3) is 5.09. The summed E-state index contributed by atoms with van der Waals surface area (Å²) in [4.78, 5) is 2.42. The molecule has 0 unspecified atom stereocenters. The van der Waals surface area contributed by atoms with E-state index < -0.39 is 0 Å². The molecular weight excluding hydrogens is 340 g/mol. The minimum atomic E-state index is 0.674. The number of nitrogens with zero attached hydrogens (tertiary/aromatic N) is 2. The minimum Gasteiger partial charge on any atom is -0.410 e. The highest BCUT2D eigenvalue weighted by atomic mass is 79.9. The smallest absolute Gasteiger partial charge is 0.143 e. The Bertz CT molecular complexity index is 451. The van der Waals surface area contributed by atoms with Crippen molar-refractivity contribution in [3.63, 3.8) is 0 Å². The molecule has 6 heteroatoms. The first-order valence-electron chi connectivity index (χ1n) is 6.70. The lowest BCUT2D eigenvalue weighted by Gasteiger charge is -2.26. The molecule has 0 aromatic heterocycles. The second-order valence-electron chi connectivity index (χ2n) is 4.57. The molecule has 4 nitrogen and oxygen atoms in total. The van der Waals surface area contributed by atoms with Crippen LogP contribution in [0.2, 0.25) is 0 Å². The predicted molar refractivity (Wildman–Crippen MR) is 86.8 cm³/mol. The molecule has 1 N–H and O–H groups in total. The Morgan fingerprint density at radius 2 is 2.20 bits per heavy atom. The summed E-state index contributed by atoms with van der Waals surface area (Å²) in [6, 6.07) is 7.82. The van der Waals surface area contributed by atoms with Gasteiger partial charge in [0, 0.05) is 28.9 Å². The lowest BCUT2D eigenvalue weighted by atomic mass is 10.2. The zero-order valence-corrected chi connectivity index (χ0v) is 13.7. The third-order valence-corrected chi connectivity index (χ3v) is 4.70. The summed E-state index contributed by atoms with van der Waals surface area (Å²) in [5.74, 6) is 0.948. The average molecular weight is 359 g/mol. The van der Waals surface area contributed by atoms with E-state index in [1.54, 1.807) is 11.8 Å². The SMILES string of the molecule is O/N=C(/SCCCN1CCOCC1)c1cccc(Br)c1. The number of rotatable bonds is 5. The van der Waals surface area contributed by atoms with Gasteiger partial charge in [0.2, 0.25) is 0 Å². The van der Waals surface area contributed by atoms with Crippen LogP contribution in [0.25, 0.3) is 0 Å². The van der Waals surface area contributed by atoms with Crippen LogP contribution in [0.4, 0.5) is 0 Å². The molecule has 20 heavy (non-hydrogen) atoms. The van der Waals surface area contributed by atoms with Gasteiger partial charge in [-0.3, -0.25) is 4.90 Å². The Morgan fingerprint density at radius 1 is 1.40 bits per heavy atom. The molecule has 1 heterocycles. The van der Waals surface area contributed by atoms with Crippen LogP contribution in [0.1, 0.15) is 12.0 Å². The molecule has 0 aliphatic carbocycles. The Labute approximate surface area is 132 Å². The van der Waals surface area contributed by atoms with Gasteiger partial charge in [-0.2, -0.15) is 0 Å². The lowest BCUT2D eigenvalue weighted by Crippen LogP contribution is -2.37. The van der Waals surface area contributed by atoms with Crippen LogP contribution in [-0.4, -0.2) is 53.8 Å². The maximum atomic E-state index is 9.14. The lowest BCUT2D eigenvalue weighted by molar-refractivity contribution is 0.0381. The molecule has 1 saturated heterocycles. The van der Waals surface area contributed by atoms with Crippen molar-refractivity contribution in [2.75, 3.05) is 38.6 Å². The van der Waals surface area contributed by atoms with E-state index in [1.165, 1.54) is 0 Å². The molecule has 0 atom stereocenters. The molecule has 0 amide bonds. The molecule has 0 radical (unpaired) electrons. The van der Waals surface area contributed by atoms with Gasteiger partial charge in [-0.25, -0.2) is 0 Å². The maximum absolute atomic E-state index is 9.14. The van der Waals surface area contributed by atoms with E-state index in [-0.39, 0.29) is 0 Å². The minimum absolute atomic E-state index is 0.674. The quantitative estimate of drug-likeness (QED) is 0.289. The number of morpholine rings is 1. The zero-order chi connectivity index (χ0) is 14.2. The molecule has 2 rings (SSSR count). The molecule has 110 valence electrons. The normalized spacial score (nSPS) is 17.4. The van der Waals surface area contributed by atoms with E-state index in [2.05, 4.69) is 26.0 Å². The summed E-state index contributed by atoms with van der Waals surface area (Å²) in [6.45, 7) is 4.81. The Hall–Kier alpha value is -0.560. The molecule has 1 aromatic carbocycles. The number of ether oxygens (including phenoxy) is 1. The topological polar surface area (TPSA) is 45.1 Å². The van der Waals surface area contributed by atoms with Crippen molar-refractivity contribution in [3.05, 3.63) is 34.3 Å². The number of hydrogen-bond donors (Lipinski definition) is 1. The van der Waals surface area contributed by atoms with Crippen LogP contribution in [0.3, 0.4) is 0 Å². The fraction of sp³-hybridized carbons (Fsp3) is 0.500. The monoisotopic (exact) mass is 358 g/mol. The zero-order valence-electron chi connectivity index (χ0n) is 11.3. The van der Waals surface area contributed by atoms with Crippen LogP contribution in [0.15, 0.2) is 33.9 Å². The summed E-state index contributed by atoms with van der Waals surface area (Å²) < 4.78 is 6.32. The van der Waals surface area contributed by atoms with Gasteiger partial charge in [-0.15, -0.1) is 11.8 Å². The van der Waals surface area contributed by atoms with Gasteiger partial charge in [0.25, 0.3) is 0 Å². The van der Waals surface area contributed by atoms with E-state index in [1.807, 2.05) is 24.3 Å². The van der Waals surface area contributed by atoms with Crippen LogP contribution < -0.4 is 0 Å². The number of benzene rings is 1. The van der Waals surface area contributed by atoms with E-state index in [4.69, 9.17) is 9.94 Å². The van der Waals surface area contributed by atoms with Crippen molar-refractivity contribution in [1.29, 1.82) is 0 Å². The first kappa shape index (κ1) is 15.8. The number of hydrogen-bond acceptors (Lipinski definition) is 5. The van der Waals surface area contributed by atoms with Crippen molar-refractivity contribution in [2.45, 2.75) is 6.42 Å². The van der Waals surface area contributed by atoms with E-state index >= 15 is 0 Å². The second-order valence-corrected chi connectivity index (χ2v) is 6.57. The third-order valence-electron chi connectivity index (χ3n) is 3.12. The maximum Gasteiger partial charge on any atom is 0.143 e. The Morgan fingerprint density at radius 3 is 2.90 bits per heavy atom. The highest BCUT2D eigenvalue weighted by molar-refractivity contribution is 9.10. The predicted octanol–water partition coefficient (Wildman–Crippen LogP) is 3.04. The second kappa shape index (κ2) is 8.67. The molecule has 1 fully saturated rings. The van der Waals surface area contributed by atoms with Gasteiger partial charge in [-0.1, -0.05) is 33.2 Å². The first-order valence-corrected chi connectivity index (χ1v) is 8.48. The standard InChI is InChI=1S/C14H19BrN2O2S/c15-13-4-1-3-12(11-13)14(16-18)20-10-2-5-17-6-8-19-9-7-17/h1,3-4,11,18H,2,5-10H2/b16-14+. The van der Waals surface area contributed by atoms with Gasteiger partial charge in [-0.05, 0) is 25.1 Å². The summed E-state index contributed by atoms with van der Waals surface area (Å²) in [5, 5.41) is 13.2. The number of halogens is 1. The number of thioether (sulfide) groups is 1. The molecule has 0 saturated carbocycles. The highest BCUT2D eigenvalue weighted by Crippen LogP contribution is 2.18. The summed E-state index contributed by atoms with van der Waals surface area (Å²) in [6.07, 6.45) is 1.08. The van der Waals surface area contributed by atoms with Crippen LogP contribution in [0, 0.1) is 0 Å². The molecule has 1 aromatic rings. The van der Waals surface area contributed by atoms with Crippen LogP contribution in [-0.2, 0) is 4.74 Å². The molecular formula is C14H19BrN2O2S. The van der Waals surface area contributed by atoms with Gasteiger partial charge in [0.15, 0.2) is 0 Å². The van der Waals surface area contributed by atoms with Gasteiger partial charge in [0.1, 0.15) is 5.04 Å². The fourth-order valence-corrected chi connectivity index (χ4v) is 3.29. The summed E-state index contributed by atoms with van der Waals surface area (Å²) >= 11 is 5.02. The number of oxime groups is 1. The molecule has 1 aliphatic heterocycles.